The van der Waals surface area contributed by atoms with Crippen LogP contribution in [0.25, 0.3) is 0 Å². The lowest BCUT2D eigenvalue weighted by molar-refractivity contribution is 0.0205. The lowest BCUT2D eigenvalue weighted by Crippen LogP contribution is -2.35. The highest BCUT2D eigenvalue weighted by molar-refractivity contribution is 14.0. The van der Waals surface area contributed by atoms with Crippen molar-refractivity contribution in [3.63, 3.8) is 0 Å². The van der Waals surface area contributed by atoms with Crippen molar-refractivity contribution in [3.8, 4) is 0 Å². The summed E-state index contributed by atoms with van der Waals surface area (Å²) in [6.45, 7) is 4.29. The van der Waals surface area contributed by atoms with E-state index in [1.165, 1.54) is 0 Å². The van der Waals surface area contributed by atoms with Gasteiger partial charge in [-0.2, -0.15) is 0 Å². The van der Waals surface area contributed by atoms with Crippen LogP contribution in [0.1, 0.15) is 19.3 Å². The van der Waals surface area contributed by atoms with E-state index in [1.54, 1.807) is 0 Å². The maximum Gasteiger partial charge on any atom is 0.195 e. The van der Waals surface area contributed by atoms with Gasteiger partial charge in [0.15, 0.2) is 5.96 Å². The van der Waals surface area contributed by atoms with E-state index in [9.17, 15) is 0 Å². The third-order valence-corrected chi connectivity index (χ3v) is 3.19. The Morgan fingerprint density at radius 1 is 1.15 bits per heavy atom. The van der Waals surface area contributed by atoms with Crippen LogP contribution in [-0.2, 0) is 9.47 Å². The van der Waals surface area contributed by atoms with Gasteiger partial charge in [-0.15, -0.1) is 24.0 Å². The summed E-state index contributed by atoms with van der Waals surface area (Å²) in [6, 6.07) is 0. The number of nitrogens with zero attached hydrogens (tertiary/aromatic N) is 3. The molecule has 0 atom stereocenters. The molecule has 1 fully saturated rings. The van der Waals surface area contributed by atoms with Crippen molar-refractivity contribution in [2.45, 2.75) is 19.3 Å². The number of hydrogen-bond donors (Lipinski definition) is 0. The monoisotopic (exact) mass is 399 g/mol. The highest BCUT2D eigenvalue weighted by Crippen LogP contribution is 2.14. The molecule has 0 aromatic rings. The minimum atomic E-state index is 0. The van der Waals surface area contributed by atoms with Gasteiger partial charge in [-0.25, -0.2) is 0 Å². The van der Waals surface area contributed by atoms with Crippen LogP contribution in [0, 0.1) is 5.92 Å². The lowest BCUT2D eigenvalue weighted by atomic mass is 10.0. The van der Waals surface area contributed by atoms with Gasteiger partial charge in [0.05, 0.1) is 0 Å². The molecule has 0 radical (unpaired) electrons. The summed E-state index contributed by atoms with van der Waals surface area (Å²) >= 11 is 0. The van der Waals surface area contributed by atoms with Gasteiger partial charge in [-0.05, 0) is 25.2 Å². The fraction of sp³-hybridized carbons (Fsp3) is 0.929. The molecular weight excluding hydrogens is 369 g/mol. The third kappa shape index (κ3) is 8.26. The van der Waals surface area contributed by atoms with E-state index in [1.807, 2.05) is 38.0 Å². The summed E-state index contributed by atoms with van der Waals surface area (Å²) in [6.07, 6.45) is 3.27. The van der Waals surface area contributed by atoms with Crippen LogP contribution >= 0.6 is 24.0 Å². The van der Waals surface area contributed by atoms with Gasteiger partial charge in [0.25, 0.3) is 0 Å². The average Bonchev–Trinajstić information content (AvgIpc) is 2.38. The van der Waals surface area contributed by atoms with E-state index in [2.05, 4.69) is 4.99 Å². The minimum Gasteiger partial charge on any atom is -0.381 e. The molecule has 0 aromatic heterocycles. The van der Waals surface area contributed by atoms with E-state index < -0.39 is 0 Å². The van der Waals surface area contributed by atoms with Crippen molar-refractivity contribution in [1.82, 2.24) is 9.80 Å². The zero-order valence-electron chi connectivity index (χ0n) is 13.3. The number of rotatable bonds is 6. The fourth-order valence-corrected chi connectivity index (χ4v) is 2.19. The summed E-state index contributed by atoms with van der Waals surface area (Å²) in [5, 5.41) is 0. The maximum absolute atomic E-state index is 5.72. The maximum atomic E-state index is 5.72. The van der Waals surface area contributed by atoms with Crippen LogP contribution in [0.15, 0.2) is 4.99 Å². The molecular formula is C14H30IN3O2. The Morgan fingerprint density at radius 3 is 2.30 bits per heavy atom. The van der Waals surface area contributed by atoms with Crippen LogP contribution in [0.4, 0.5) is 0 Å². The summed E-state index contributed by atoms with van der Waals surface area (Å²) in [4.78, 5) is 8.64. The van der Waals surface area contributed by atoms with Crippen molar-refractivity contribution < 1.29 is 9.47 Å². The molecule has 120 valence electrons. The molecule has 0 aliphatic carbocycles. The smallest absolute Gasteiger partial charge is 0.195 e. The van der Waals surface area contributed by atoms with Gasteiger partial charge in [0.1, 0.15) is 0 Å². The quantitative estimate of drug-likeness (QED) is 0.296. The molecule has 0 unspecified atom stereocenters. The molecule has 0 aromatic carbocycles. The number of aliphatic imine (C=N–C) groups is 1. The Labute approximate surface area is 140 Å². The second kappa shape index (κ2) is 11.6. The highest BCUT2D eigenvalue weighted by Gasteiger charge is 2.13. The summed E-state index contributed by atoms with van der Waals surface area (Å²) in [5.41, 5.74) is 0. The van der Waals surface area contributed by atoms with E-state index in [-0.39, 0.29) is 24.0 Å². The lowest BCUT2D eigenvalue weighted by Gasteiger charge is -2.23. The molecule has 1 aliphatic rings. The molecule has 0 spiro atoms. The molecule has 0 N–H and O–H groups in total. The molecule has 5 nitrogen and oxygen atoms in total. The van der Waals surface area contributed by atoms with E-state index in [0.717, 1.165) is 58.2 Å². The van der Waals surface area contributed by atoms with Crippen molar-refractivity contribution in [2.24, 2.45) is 10.9 Å². The van der Waals surface area contributed by atoms with Gasteiger partial charge in [-0.1, -0.05) is 0 Å². The van der Waals surface area contributed by atoms with Gasteiger partial charge >= 0.3 is 0 Å². The topological polar surface area (TPSA) is 37.3 Å². The molecule has 1 aliphatic heterocycles. The van der Waals surface area contributed by atoms with Crippen molar-refractivity contribution in [2.75, 3.05) is 61.2 Å². The predicted octanol–water partition coefficient (Wildman–Crippen LogP) is 1.92. The molecule has 1 rings (SSSR count). The van der Waals surface area contributed by atoms with Crippen LogP contribution in [0.5, 0.6) is 0 Å². The number of hydrogen-bond acceptors (Lipinski definition) is 3. The SMILES string of the molecule is CN(C)C(=NCCCOCC1CCOCC1)N(C)C.I. The Bertz CT molecular complexity index is 257. The highest BCUT2D eigenvalue weighted by atomic mass is 127. The Balaban J connectivity index is 0.00000361. The third-order valence-electron chi connectivity index (χ3n) is 3.19. The van der Waals surface area contributed by atoms with Crippen molar-refractivity contribution in [3.05, 3.63) is 0 Å². The molecule has 6 heteroatoms. The predicted molar refractivity (Wildman–Crippen MR) is 94.1 cm³/mol. The Kier molecular flexibility index (Phi) is 11.5. The van der Waals surface area contributed by atoms with Gasteiger partial charge in [0, 0.05) is 61.2 Å². The largest absolute Gasteiger partial charge is 0.381 e. The van der Waals surface area contributed by atoms with Crippen LogP contribution in [0.2, 0.25) is 0 Å². The van der Waals surface area contributed by atoms with E-state index in [4.69, 9.17) is 9.47 Å². The Hall–Kier alpha value is -0.0800. The molecule has 1 saturated heterocycles. The van der Waals surface area contributed by atoms with Crippen LogP contribution in [0.3, 0.4) is 0 Å². The summed E-state index contributed by atoms with van der Waals surface area (Å²) < 4.78 is 11.1. The van der Waals surface area contributed by atoms with Gasteiger partial charge in [-0.3, -0.25) is 4.99 Å². The molecule has 0 amide bonds. The van der Waals surface area contributed by atoms with Gasteiger partial charge < -0.3 is 19.3 Å². The number of ether oxygens (including phenoxy) is 2. The van der Waals surface area contributed by atoms with Gasteiger partial charge in [0.2, 0.25) is 0 Å². The normalized spacial score (nSPS) is 15.4. The Morgan fingerprint density at radius 2 is 1.75 bits per heavy atom. The van der Waals surface area contributed by atoms with Crippen molar-refractivity contribution in [1.29, 1.82) is 0 Å². The first-order valence-electron chi connectivity index (χ1n) is 7.16. The molecule has 1 heterocycles. The van der Waals surface area contributed by atoms with Crippen LogP contribution < -0.4 is 0 Å². The minimum absolute atomic E-state index is 0. The van der Waals surface area contributed by atoms with E-state index in [0.29, 0.717) is 5.92 Å². The summed E-state index contributed by atoms with van der Waals surface area (Å²) in [7, 11) is 8.06. The van der Waals surface area contributed by atoms with Crippen molar-refractivity contribution >= 4 is 29.9 Å². The number of halogens is 1. The fourth-order valence-electron chi connectivity index (χ4n) is 2.19. The standard InChI is InChI=1S/C14H29N3O2.HI/c1-16(2)14(17(3)4)15-8-5-9-19-12-13-6-10-18-11-7-13;/h13H,5-12H2,1-4H3;1H. The second-order valence-corrected chi connectivity index (χ2v) is 5.45. The summed E-state index contributed by atoms with van der Waals surface area (Å²) in [5.74, 6) is 1.70. The first-order chi connectivity index (χ1) is 9.11. The van der Waals surface area contributed by atoms with Crippen LogP contribution in [-0.4, -0.2) is 76.9 Å². The first-order valence-corrected chi connectivity index (χ1v) is 7.16. The zero-order chi connectivity index (χ0) is 14.1. The molecule has 0 saturated carbocycles. The van der Waals surface area contributed by atoms with E-state index >= 15 is 0 Å². The molecule has 20 heavy (non-hydrogen) atoms. The first kappa shape index (κ1) is 19.9. The second-order valence-electron chi connectivity index (χ2n) is 5.45. The average molecular weight is 399 g/mol. The number of guanidine groups is 1. The zero-order valence-corrected chi connectivity index (χ0v) is 15.6. The molecule has 0 bridgehead atoms.